The van der Waals surface area contributed by atoms with Gasteiger partial charge in [0.15, 0.2) is 0 Å². The Morgan fingerprint density at radius 1 is 1.44 bits per heavy atom. The number of rotatable bonds is 5. The third kappa shape index (κ3) is 3.20. The number of hydrogen-bond donors (Lipinski definition) is 1. The van der Waals surface area contributed by atoms with E-state index in [0.29, 0.717) is 6.04 Å². The minimum Gasteiger partial charge on any atom is -0.389 e. The van der Waals surface area contributed by atoms with E-state index in [0.717, 1.165) is 17.8 Å². The summed E-state index contributed by atoms with van der Waals surface area (Å²) in [5, 5.41) is 9.53. The zero-order valence-corrected chi connectivity index (χ0v) is 10.6. The molecule has 0 saturated carbocycles. The van der Waals surface area contributed by atoms with Gasteiger partial charge in [0.1, 0.15) is 5.82 Å². The number of aliphatic hydroxyl groups is 1. The van der Waals surface area contributed by atoms with Gasteiger partial charge in [-0.05, 0) is 38.0 Å². The van der Waals surface area contributed by atoms with Crippen LogP contribution in [0.15, 0.2) is 18.3 Å². The molecule has 16 heavy (non-hydrogen) atoms. The second kappa shape index (κ2) is 5.85. The average Bonchev–Trinajstić information content (AvgIpc) is 2.28. The van der Waals surface area contributed by atoms with Crippen molar-refractivity contribution in [3.8, 4) is 0 Å². The molecule has 1 heterocycles. The van der Waals surface area contributed by atoms with E-state index in [1.165, 1.54) is 6.42 Å². The summed E-state index contributed by atoms with van der Waals surface area (Å²) in [6.45, 7) is 6.15. The van der Waals surface area contributed by atoms with Crippen LogP contribution < -0.4 is 4.90 Å². The molecular weight excluding hydrogens is 200 g/mol. The molecule has 1 rings (SSSR count). The summed E-state index contributed by atoms with van der Waals surface area (Å²) < 4.78 is 0. The van der Waals surface area contributed by atoms with Crippen LogP contribution in [0.2, 0.25) is 0 Å². The summed E-state index contributed by atoms with van der Waals surface area (Å²) in [5.74, 6) is 0.930. The Hall–Kier alpha value is -1.09. The van der Waals surface area contributed by atoms with Crippen molar-refractivity contribution >= 4 is 5.82 Å². The molecule has 1 aromatic heterocycles. The van der Waals surface area contributed by atoms with Crippen molar-refractivity contribution in [2.24, 2.45) is 0 Å². The zero-order chi connectivity index (χ0) is 12.1. The number of aliphatic hydroxyl groups excluding tert-OH is 1. The van der Waals surface area contributed by atoms with Crippen molar-refractivity contribution in [3.05, 3.63) is 23.9 Å². The normalized spacial score (nSPS) is 14.6. The minimum atomic E-state index is -0.434. The lowest BCUT2D eigenvalue weighted by Gasteiger charge is -2.26. The van der Waals surface area contributed by atoms with E-state index in [4.69, 9.17) is 0 Å². The third-order valence-electron chi connectivity index (χ3n) is 2.98. The van der Waals surface area contributed by atoms with Crippen molar-refractivity contribution in [3.63, 3.8) is 0 Å². The first kappa shape index (κ1) is 13.0. The Labute approximate surface area is 98.1 Å². The van der Waals surface area contributed by atoms with Gasteiger partial charge < -0.3 is 10.0 Å². The summed E-state index contributed by atoms with van der Waals surface area (Å²) in [6.07, 6.45) is 3.64. The van der Waals surface area contributed by atoms with Crippen molar-refractivity contribution in [1.29, 1.82) is 0 Å². The first-order valence-corrected chi connectivity index (χ1v) is 5.93. The monoisotopic (exact) mass is 222 g/mol. The highest BCUT2D eigenvalue weighted by Gasteiger charge is 2.11. The Kier molecular flexibility index (Phi) is 4.74. The molecule has 1 unspecified atom stereocenters. The van der Waals surface area contributed by atoms with Gasteiger partial charge in [-0.2, -0.15) is 0 Å². The van der Waals surface area contributed by atoms with Crippen LogP contribution in [0.3, 0.4) is 0 Å². The molecule has 0 aliphatic heterocycles. The molecule has 0 aliphatic carbocycles. The summed E-state index contributed by atoms with van der Waals surface area (Å²) in [7, 11) is 2.05. The van der Waals surface area contributed by atoms with E-state index < -0.39 is 6.10 Å². The van der Waals surface area contributed by atoms with Crippen LogP contribution in [0.5, 0.6) is 0 Å². The molecule has 90 valence electrons. The Morgan fingerprint density at radius 3 is 2.69 bits per heavy atom. The van der Waals surface area contributed by atoms with E-state index >= 15 is 0 Å². The van der Waals surface area contributed by atoms with Crippen LogP contribution in [0.4, 0.5) is 5.82 Å². The fourth-order valence-corrected chi connectivity index (χ4v) is 1.72. The molecule has 0 amide bonds. The highest BCUT2D eigenvalue weighted by atomic mass is 16.3. The summed E-state index contributed by atoms with van der Waals surface area (Å²) in [5.41, 5.74) is 0.917. The molecule has 0 saturated heterocycles. The minimum absolute atomic E-state index is 0.434. The number of hydrogen-bond acceptors (Lipinski definition) is 3. The predicted molar refractivity (Wildman–Crippen MR) is 67.6 cm³/mol. The molecule has 0 spiro atoms. The molecule has 0 aromatic carbocycles. The van der Waals surface area contributed by atoms with Crippen molar-refractivity contribution in [1.82, 2.24) is 4.98 Å². The van der Waals surface area contributed by atoms with Crippen LogP contribution >= 0.6 is 0 Å². The number of nitrogens with zero attached hydrogens (tertiary/aromatic N) is 2. The maximum Gasteiger partial charge on any atom is 0.128 e. The van der Waals surface area contributed by atoms with Crippen LogP contribution in [0.25, 0.3) is 0 Å². The Morgan fingerprint density at radius 2 is 2.12 bits per heavy atom. The van der Waals surface area contributed by atoms with Gasteiger partial charge in [0.2, 0.25) is 0 Å². The standard InChI is InChI=1S/C13H22N2O/c1-5-6-10(2)15(4)13-9-12(11(3)16)7-8-14-13/h7-11,16H,5-6H2,1-4H3/t10?,11-/m1/s1. The Bertz CT molecular complexity index is 325. The molecule has 0 aliphatic rings. The second-order valence-corrected chi connectivity index (χ2v) is 4.37. The third-order valence-corrected chi connectivity index (χ3v) is 2.98. The van der Waals surface area contributed by atoms with E-state index in [1.54, 1.807) is 13.1 Å². The topological polar surface area (TPSA) is 36.4 Å². The molecule has 0 radical (unpaired) electrons. The lowest BCUT2D eigenvalue weighted by atomic mass is 10.1. The van der Waals surface area contributed by atoms with Gasteiger partial charge in [0.05, 0.1) is 6.10 Å². The zero-order valence-electron chi connectivity index (χ0n) is 10.6. The molecule has 1 aromatic rings. The highest BCUT2D eigenvalue weighted by molar-refractivity contribution is 5.41. The predicted octanol–water partition coefficient (Wildman–Crippen LogP) is 2.76. The van der Waals surface area contributed by atoms with Gasteiger partial charge in [0.25, 0.3) is 0 Å². The van der Waals surface area contributed by atoms with Crippen LogP contribution in [0.1, 0.15) is 45.3 Å². The van der Waals surface area contributed by atoms with Gasteiger partial charge in [-0.25, -0.2) is 4.98 Å². The molecule has 0 bridgehead atoms. The average molecular weight is 222 g/mol. The quantitative estimate of drug-likeness (QED) is 0.832. The van der Waals surface area contributed by atoms with Gasteiger partial charge in [-0.15, -0.1) is 0 Å². The maximum absolute atomic E-state index is 9.53. The first-order valence-electron chi connectivity index (χ1n) is 5.93. The summed E-state index contributed by atoms with van der Waals surface area (Å²) >= 11 is 0. The van der Waals surface area contributed by atoms with Crippen LogP contribution in [-0.2, 0) is 0 Å². The Balaban J connectivity index is 2.82. The fraction of sp³-hybridized carbons (Fsp3) is 0.615. The largest absolute Gasteiger partial charge is 0.389 e. The first-order chi connectivity index (χ1) is 7.56. The lowest BCUT2D eigenvalue weighted by molar-refractivity contribution is 0.199. The van der Waals surface area contributed by atoms with E-state index in [2.05, 4.69) is 30.8 Å². The smallest absolute Gasteiger partial charge is 0.128 e. The van der Waals surface area contributed by atoms with E-state index in [9.17, 15) is 5.11 Å². The lowest BCUT2D eigenvalue weighted by Crippen LogP contribution is -2.29. The van der Waals surface area contributed by atoms with Gasteiger partial charge in [-0.1, -0.05) is 13.3 Å². The SMILES string of the molecule is CCCC(C)N(C)c1cc([C@@H](C)O)ccn1. The van der Waals surface area contributed by atoms with Gasteiger partial charge in [0, 0.05) is 19.3 Å². The molecule has 3 heteroatoms. The van der Waals surface area contributed by atoms with E-state index in [1.807, 2.05) is 12.1 Å². The van der Waals surface area contributed by atoms with Gasteiger partial charge >= 0.3 is 0 Å². The molecule has 0 fully saturated rings. The molecule has 2 atom stereocenters. The number of pyridine rings is 1. The highest BCUT2D eigenvalue weighted by Crippen LogP contribution is 2.19. The number of aromatic nitrogens is 1. The molecular formula is C13H22N2O. The fourth-order valence-electron chi connectivity index (χ4n) is 1.72. The molecule has 3 nitrogen and oxygen atoms in total. The molecule has 1 N–H and O–H groups in total. The van der Waals surface area contributed by atoms with Crippen molar-refractivity contribution in [2.75, 3.05) is 11.9 Å². The summed E-state index contributed by atoms with van der Waals surface area (Å²) in [6, 6.07) is 4.28. The maximum atomic E-state index is 9.53. The van der Waals surface area contributed by atoms with E-state index in [-0.39, 0.29) is 0 Å². The van der Waals surface area contributed by atoms with Crippen LogP contribution in [-0.4, -0.2) is 23.2 Å². The summed E-state index contributed by atoms with van der Waals surface area (Å²) in [4.78, 5) is 6.50. The second-order valence-electron chi connectivity index (χ2n) is 4.37. The van der Waals surface area contributed by atoms with Gasteiger partial charge in [-0.3, -0.25) is 0 Å². The van der Waals surface area contributed by atoms with Crippen LogP contribution in [0, 0.1) is 0 Å². The van der Waals surface area contributed by atoms with Crippen molar-refractivity contribution < 1.29 is 5.11 Å². The number of anilines is 1. The van der Waals surface area contributed by atoms with Crippen molar-refractivity contribution in [2.45, 2.75) is 45.8 Å².